The summed E-state index contributed by atoms with van der Waals surface area (Å²) in [5, 5.41) is 0. The van der Waals surface area contributed by atoms with Crippen LogP contribution in [0.5, 0.6) is 17.5 Å². The van der Waals surface area contributed by atoms with E-state index in [4.69, 9.17) is 9.47 Å². The Bertz CT molecular complexity index is 1070. The molecule has 0 unspecified atom stereocenters. The number of methoxy groups -OCH3 is 1. The first-order valence-electron chi connectivity index (χ1n) is 9.30. The molecule has 6 nitrogen and oxygen atoms in total. The van der Waals surface area contributed by atoms with Gasteiger partial charge in [0.05, 0.1) is 19.5 Å². The molecule has 4 aromatic rings. The maximum atomic E-state index is 5.96. The summed E-state index contributed by atoms with van der Waals surface area (Å²) in [6, 6.07) is 17.8. The molecule has 0 saturated carbocycles. The molecule has 0 bridgehead atoms. The van der Waals surface area contributed by atoms with E-state index in [1.807, 2.05) is 42.5 Å². The normalized spacial score (nSPS) is 10.5. The van der Waals surface area contributed by atoms with Gasteiger partial charge in [0.1, 0.15) is 5.82 Å². The number of hydrogen-bond donors (Lipinski definition) is 0. The number of ether oxygens (including phenoxy) is 2. The highest BCUT2D eigenvalue weighted by Gasteiger charge is 2.14. The minimum atomic E-state index is 0.444. The van der Waals surface area contributed by atoms with Crippen molar-refractivity contribution >= 4 is 0 Å². The number of pyridine rings is 2. The number of aryl methyl sites for hydroxylation is 2. The second kappa shape index (κ2) is 8.93. The van der Waals surface area contributed by atoms with Gasteiger partial charge < -0.3 is 9.47 Å². The lowest BCUT2D eigenvalue weighted by Crippen LogP contribution is -1.99. The molecule has 4 rings (SSSR count). The van der Waals surface area contributed by atoms with Gasteiger partial charge in [-0.3, -0.25) is 0 Å². The summed E-state index contributed by atoms with van der Waals surface area (Å²) in [5.41, 5.74) is 2.85. The van der Waals surface area contributed by atoms with E-state index >= 15 is 0 Å². The predicted octanol–water partition coefficient (Wildman–Crippen LogP) is 4.52. The molecule has 0 N–H and O–H groups in total. The monoisotopic (exact) mass is 384 g/mol. The summed E-state index contributed by atoms with van der Waals surface area (Å²) in [7, 11) is 1.59. The zero-order valence-electron chi connectivity index (χ0n) is 16.0. The molecular formula is C23H20N4O2. The average molecular weight is 384 g/mol. The number of rotatable bonds is 7. The topological polar surface area (TPSA) is 70.0 Å². The Morgan fingerprint density at radius 3 is 2.03 bits per heavy atom. The zero-order chi connectivity index (χ0) is 19.9. The summed E-state index contributed by atoms with van der Waals surface area (Å²) in [6.45, 7) is 0. The summed E-state index contributed by atoms with van der Waals surface area (Å²) in [4.78, 5) is 17.5. The lowest BCUT2D eigenvalue weighted by Gasteiger charge is -2.11. The van der Waals surface area contributed by atoms with Crippen molar-refractivity contribution in [2.75, 3.05) is 7.11 Å². The molecule has 1 aromatic carbocycles. The van der Waals surface area contributed by atoms with E-state index in [2.05, 4.69) is 32.1 Å². The second-order valence-corrected chi connectivity index (χ2v) is 6.34. The third kappa shape index (κ3) is 4.55. The van der Waals surface area contributed by atoms with Gasteiger partial charge >= 0.3 is 0 Å². The fraction of sp³-hybridized carbons (Fsp3) is 0.130. The van der Waals surface area contributed by atoms with Crippen molar-refractivity contribution in [1.82, 2.24) is 19.9 Å². The molecule has 6 heteroatoms. The molecule has 0 radical (unpaired) electrons. The Kier molecular flexibility index (Phi) is 5.71. The van der Waals surface area contributed by atoms with Crippen molar-refractivity contribution in [2.24, 2.45) is 0 Å². The van der Waals surface area contributed by atoms with Crippen molar-refractivity contribution < 1.29 is 9.47 Å². The van der Waals surface area contributed by atoms with Crippen molar-refractivity contribution in [3.05, 3.63) is 90.8 Å². The maximum Gasteiger partial charge on any atom is 0.227 e. The molecule has 0 aliphatic heterocycles. The largest absolute Gasteiger partial charge is 0.481 e. The first kappa shape index (κ1) is 18.6. The molecule has 0 fully saturated rings. The first-order chi connectivity index (χ1) is 14.3. The van der Waals surface area contributed by atoms with Gasteiger partial charge in [0.25, 0.3) is 0 Å². The minimum Gasteiger partial charge on any atom is -0.481 e. The zero-order valence-corrected chi connectivity index (χ0v) is 16.0. The van der Waals surface area contributed by atoms with Crippen LogP contribution in [0.25, 0.3) is 11.1 Å². The van der Waals surface area contributed by atoms with Crippen LogP contribution in [-0.2, 0) is 12.8 Å². The summed E-state index contributed by atoms with van der Waals surface area (Å²) >= 11 is 0. The van der Waals surface area contributed by atoms with Crippen molar-refractivity contribution in [3.63, 3.8) is 0 Å². The van der Waals surface area contributed by atoms with Gasteiger partial charge in [-0.05, 0) is 36.2 Å². The second-order valence-electron chi connectivity index (χ2n) is 6.34. The number of hydrogen-bond acceptors (Lipinski definition) is 6. The van der Waals surface area contributed by atoms with Gasteiger partial charge in [-0.2, -0.15) is 0 Å². The van der Waals surface area contributed by atoms with Crippen LogP contribution in [0.3, 0.4) is 0 Å². The van der Waals surface area contributed by atoms with E-state index in [1.54, 1.807) is 31.9 Å². The summed E-state index contributed by atoms with van der Waals surface area (Å²) in [5.74, 6) is 2.25. The number of nitrogens with zero attached hydrogens (tertiary/aromatic N) is 4. The fourth-order valence-electron chi connectivity index (χ4n) is 2.97. The van der Waals surface area contributed by atoms with E-state index in [1.165, 1.54) is 5.56 Å². The SMILES string of the molecule is COc1ncccc1-c1cccnc1Oc1cnc(CCc2ccccc2)nc1. The van der Waals surface area contributed by atoms with E-state index in [-0.39, 0.29) is 0 Å². The van der Waals surface area contributed by atoms with Crippen LogP contribution >= 0.6 is 0 Å². The van der Waals surface area contributed by atoms with Gasteiger partial charge in [0.2, 0.25) is 11.8 Å². The van der Waals surface area contributed by atoms with Gasteiger partial charge in [-0.25, -0.2) is 19.9 Å². The molecule has 0 aliphatic carbocycles. The van der Waals surface area contributed by atoms with Crippen LogP contribution in [0.15, 0.2) is 79.4 Å². The van der Waals surface area contributed by atoms with Gasteiger partial charge in [-0.15, -0.1) is 0 Å². The molecule has 3 heterocycles. The van der Waals surface area contributed by atoms with Crippen molar-refractivity contribution in [3.8, 4) is 28.6 Å². The number of benzene rings is 1. The molecule has 0 atom stereocenters. The lowest BCUT2D eigenvalue weighted by molar-refractivity contribution is 0.399. The quantitative estimate of drug-likeness (QED) is 0.467. The van der Waals surface area contributed by atoms with Crippen molar-refractivity contribution in [2.45, 2.75) is 12.8 Å². The predicted molar refractivity (Wildman–Crippen MR) is 110 cm³/mol. The Labute approximate surface area is 169 Å². The fourth-order valence-corrected chi connectivity index (χ4v) is 2.97. The Morgan fingerprint density at radius 2 is 1.34 bits per heavy atom. The van der Waals surface area contributed by atoms with Crippen LogP contribution in [0.2, 0.25) is 0 Å². The van der Waals surface area contributed by atoms with Crippen LogP contribution in [0, 0.1) is 0 Å². The van der Waals surface area contributed by atoms with Crippen LogP contribution in [-0.4, -0.2) is 27.0 Å². The molecular weight excluding hydrogens is 364 g/mol. The highest BCUT2D eigenvalue weighted by molar-refractivity contribution is 5.72. The maximum absolute atomic E-state index is 5.96. The highest BCUT2D eigenvalue weighted by atomic mass is 16.5. The van der Waals surface area contributed by atoms with Crippen LogP contribution in [0.4, 0.5) is 0 Å². The Morgan fingerprint density at radius 1 is 0.690 bits per heavy atom. The van der Waals surface area contributed by atoms with Gasteiger partial charge in [0, 0.05) is 29.9 Å². The van der Waals surface area contributed by atoms with E-state index in [9.17, 15) is 0 Å². The Balaban J connectivity index is 1.50. The van der Waals surface area contributed by atoms with Gasteiger partial charge in [0.15, 0.2) is 5.75 Å². The van der Waals surface area contributed by atoms with Crippen molar-refractivity contribution in [1.29, 1.82) is 0 Å². The molecule has 0 amide bonds. The molecule has 29 heavy (non-hydrogen) atoms. The van der Waals surface area contributed by atoms with Crippen LogP contribution < -0.4 is 9.47 Å². The van der Waals surface area contributed by atoms with Gasteiger partial charge in [-0.1, -0.05) is 30.3 Å². The average Bonchev–Trinajstić information content (AvgIpc) is 2.80. The van der Waals surface area contributed by atoms with E-state index in [0.29, 0.717) is 17.5 Å². The standard InChI is InChI=1S/C23H20N4O2/c1-28-22-19(9-5-13-24-22)20-10-6-14-25-23(20)29-18-15-26-21(27-16-18)12-11-17-7-3-2-4-8-17/h2-10,13-16H,11-12H2,1H3. The Hall–Kier alpha value is -3.80. The minimum absolute atomic E-state index is 0.444. The third-order valence-electron chi connectivity index (χ3n) is 4.40. The van der Waals surface area contributed by atoms with E-state index in [0.717, 1.165) is 29.8 Å². The first-order valence-corrected chi connectivity index (χ1v) is 9.30. The molecule has 0 spiro atoms. The lowest BCUT2D eigenvalue weighted by atomic mass is 10.1. The van der Waals surface area contributed by atoms with E-state index < -0.39 is 0 Å². The summed E-state index contributed by atoms with van der Waals surface area (Å²) in [6.07, 6.45) is 8.37. The summed E-state index contributed by atoms with van der Waals surface area (Å²) < 4.78 is 11.3. The molecule has 144 valence electrons. The molecule has 3 aromatic heterocycles. The third-order valence-corrected chi connectivity index (χ3v) is 4.40. The molecule has 0 saturated heterocycles. The number of aromatic nitrogens is 4. The highest BCUT2D eigenvalue weighted by Crippen LogP contribution is 2.35. The molecule has 0 aliphatic rings. The smallest absolute Gasteiger partial charge is 0.227 e. The van der Waals surface area contributed by atoms with Crippen LogP contribution in [0.1, 0.15) is 11.4 Å².